The Morgan fingerprint density at radius 1 is 1.20 bits per heavy atom. The van der Waals surface area contributed by atoms with Gasteiger partial charge in [-0.3, -0.25) is 9.59 Å². The van der Waals surface area contributed by atoms with Gasteiger partial charge in [0, 0.05) is 24.7 Å². The molecule has 2 aliphatic rings. The van der Waals surface area contributed by atoms with Gasteiger partial charge in [-0.15, -0.1) is 0 Å². The molecule has 2 heterocycles. The van der Waals surface area contributed by atoms with Crippen LogP contribution in [-0.2, 0) is 25.9 Å². The summed E-state index contributed by atoms with van der Waals surface area (Å²) in [5.74, 6) is -1.11. The molecule has 9 nitrogen and oxygen atoms in total. The van der Waals surface area contributed by atoms with Gasteiger partial charge in [-0.1, -0.05) is 26.2 Å². The van der Waals surface area contributed by atoms with E-state index in [4.69, 9.17) is 4.74 Å². The number of rotatable bonds is 8. The maximum absolute atomic E-state index is 12.9. The summed E-state index contributed by atoms with van der Waals surface area (Å²) in [5, 5.41) is 4.03. The highest BCUT2D eigenvalue weighted by Gasteiger charge is 2.39. The number of amides is 1. The zero-order chi connectivity index (χ0) is 21.7. The molecule has 1 unspecified atom stereocenters. The first-order valence-corrected chi connectivity index (χ1v) is 12.4. The van der Waals surface area contributed by atoms with E-state index in [2.05, 4.69) is 5.10 Å². The SMILES string of the molecule is CCCCn1nc(C(=O)OCC(=O)N(C2CCCC2)C2CCS(=O)(=O)C2)ccc1=O. The molecular formula is C20H29N3O6S. The highest BCUT2D eigenvalue weighted by atomic mass is 32.2. The second-order valence-electron chi connectivity index (χ2n) is 8.01. The Morgan fingerprint density at radius 3 is 2.57 bits per heavy atom. The summed E-state index contributed by atoms with van der Waals surface area (Å²) < 4.78 is 30.2. The monoisotopic (exact) mass is 439 g/mol. The molecule has 166 valence electrons. The first-order chi connectivity index (χ1) is 14.3. The van der Waals surface area contributed by atoms with Gasteiger partial charge >= 0.3 is 5.97 Å². The first kappa shape index (κ1) is 22.5. The van der Waals surface area contributed by atoms with Crippen molar-refractivity contribution in [1.82, 2.24) is 14.7 Å². The van der Waals surface area contributed by atoms with E-state index in [0.717, 1.165) is 38.5 Å². The maximum atomic E-state index is 12.9. The Labute approximate surface area is 176 Å². The Morgan fingerprint density at radius 2 is 1.93 bits per heavy atom. The average Bonchev–Trinajstić information content (AvgIpc) is 3.35. The molecule has 30 heavy (non-hydrogen) atoms. The lowest BCUT2D eigenvalue weighted by molar-refractivity contribution is -0.139. The van der Waals surface area contributed by atoms with E-state index in [1.165, 1.54) is 16.8 Å². The van der Waals surface area contributed by atoms with Crippen molar-refractivity contribution in [3.63, 3.8) is 0 Å². The number of esters is 1. The molecule has 2 fully saturated rings. The van der Waals surface area contributed by atoms with Gasteiger partial charge in [0.15, 0.2) is 22.1 Å². The van der Waals surface area contributed by atoms with Crippen LogP contribution in [0.25, 0.3) is 0 Å². The molecule has 1 saturated carbocycles. The van der Waals surface area contributed by atoms with Crippen LogP contribution in [0.4, 0.5) is 0 Å². The van der Waals surface area contributed by atoms with Crippen LogP contribution >= 0.6 is 0 Å². The van der Waals surface area contributed by atoms with Gasteiger partial charge < -0.3 is 9.64 Å². The third-order valence-corrected chi connectivity index (χ3v) is 7.48. The Hall–Kier alpha value is -2.23. The second kappa shape index (κ2) is 9.72. The lowest BCUT2D eigenvalue weighted by Gasteiger charge is -2.33. The van der Waals surface area contributed by atoms with Gasteiger partial charge in [0.1, 0.15) is 0 Å². The van der Waals surface area contributed by atoms with Crippen LogP contribution in [0, 0.1) is 0 Å². The zero-order valence-corrected chi connectivity index (χ0v) is 18.1. The van der Waals surface area contributed by atoms with Crippen molar-refractivity contribution < 1.29 is 22.7 Å². The summed E-state index contributed by atoms with van der Waals surface area (Å²) in [6.07, 6.45) is 5.71. The number of carbonyl (C=O) groups excluding carboxylic acids is 2. The fourth-order valence-electron chi connectivity index (χ4n) is 4.18. The van der Waals surface area contributed by atoms with Crippen LogP contribution in [0.5, 0.6) is 0 Å². The average molecular weight is 440 g/mol. The smallest absolute Gasteiger partial charge is 0.359 e. The number of aryl methyl sites for hydroxylation is 1. The molecule has 0 radical (unpaired) electrons. The molecule has 1 atom stereocenters. The molecule has 3 rings (SSSR count). The van der Waals surface area contributed by atoms with Gasteiger partial charge in [0.25, 0.3) is 11.5 Å². The van der Waals surface area contributed by atoms with Crippen molar-refractivity contribution in [3.05, 3.63) is 28.2 Å². The number of hydrogen-bond acceptors (Lipinski definition) is 7. The van der Waals surface area contributed by atoms with Crippen LogP contribution < -0.4 is 5.56 Å². The number of aromatic nitrogens is 2. The molecule has 0 bridgehead atoms. The van der Waals surface area contributed by atoms with Crippen molar-refractivity contribution in [1.29, 1.82) is 0 Å². The molecule has 1 aliphatic carbocycles. The largest absolute Gasteiger partial charge is 0.451 e. The maximum Gasteiger partial charge on any atom is 0.359 e. The molecule has 0 spiro atoms. The molecule has 10 heteroatoms. The number of unbranched alkanes of at least 4 members (excludes halogenated alkanes) is 1. The van der Waals surface area contributed by atoms with Crippen LogP contribution in [0.2, 0.25) is 0 Å². The van der Waals surface area contributed by atoms with E-state index < -0.39 is 22.4 Å². The topological polar surface area (TPSA) is 116 Å². The molecule has 0 N–H and O–H groups in total. The Bertz CT molecular complexity index is 936. The minimum Gasteiger partial charge on any atom is -0.451 e. The lowest BCUT2D eigenvalue weighted by Crippen LogP contribution is -2.48. The first-order valence-electron chi connectivity index (χ1n) is 10.6. The van der Waals surface area contributed by atoms with Crippen molar-refractivity contribution >= 4 is 21.7 Å². The summed E-state index contributed by atoms with van der Waals surface area (Å²) >= 11 is 0. The van der Waals surface area contributed by atoms with E-state index in [0.29, 0.717) is 13.0 Å². The van der Waals surface area contributed by atoms with E-state index in [-0.39, 0.29) is 40.7 Å². The van der Waals surface area contributed by atoms with Gasteiger partial charge in [-0.2, -0.15) is 5.10 Å². The van der Waals surface area contributed by atoms with E-state index in [1.54, 1.807) is 4.90 Å². The van der Waals surface area contributed by atoms with Gasteiger partial charge in [0.05, 0.1) is 11.5 Å². The number of nitrogens with zero attached hydrogens (tertiary/aromatic N) is 3. The predicted octanol–water partition coefficient (Wildman–Crippen LogP) is 1.16. The van der Waals surface area contributed by atoms with Gasteiger partial charge in [-0.05, 0) is 31.7 Å². The standard InChI is InChI=1S/C20H29N3O6S/c1-2-3-11-22-18(24)9-8-17(21-22)20(26)29-13-19(25)23(15-6-4-5-7-15)16-10-12-30(27,28)14-16/h8-9,15-16H,2-7,10-14H2,1H3. The van der Waals surface area contributed by atoms with Crippen LogP contribution in [0.1, 0.15) is 62.4 Å². The van der Waals surface area contributed by atoms with Crippen molar-refractivity contribution in [2.45, 2.75) is 70.5 Å². The van der Waals surface area contributed by atoms with E-state index >= 15 is 0 Å². The second-order valence-corrected chi connectivity index (χ2v) is 10.2. The van der Waals surface area contributed by atoms with Gasteiger partial charge in [0.2, 0.25) is 0 Å². The van der Waals surface area contributed by atoms with Crippen LogP contribution in [0.15, 0.2) is 16.9 Å². The summed E-state index contributed by atoms with van der Waals surface area (Å²) in [7, 11) is -3.14. The van der Waals surface area contributed by atoms with Crippen LogP contribution in [0.3, 0.4) is 0 Å². The molecule has 1 aromatic rings. The quantitative estimate of drug-likeness (QED) is 0.558. The lowest BCUT2D eigenvalue weighted by atomic mass is 10.1. The van der Waals surface area contributed by atoms with E-state index in [1.807, 2.05) is 6.92 Å². The fourth-order valence-corrected chi connectivity index (χ4v) is 5.90. The summed E-state index contributed by atoms with van der Waals surface area (Å²) in [4.78, 5) is 38.8. The third-order valence-electron chi connectivity index (χ3n) is 5.73. The summed E-state index contributed by atoms with van der Waals surface area (Å²) in [6.45, 7) is 1.92. The highest BCUT2D eigenvalue weighted by molar-refractivity contribution is 7.91. The Balaban J connectivity index is 1.66. The molecule has 1 saturated heterocycles. The number of sulfone groups is 1. The predicted molar refractivity (Wildman–Crippen MR) is 110 cm³/mol. The number of carbonyl (C=O) groups is 2. The number of ether oxygens (including phenoxy) is 1. The highest BCUT2D eigenvalue weighted by Crippen LogP contribution is 2.29. The van der Waals surface area contributed by atoms with Crippen molar-refractivity contribution in [2.75, 3.05) is 18.1 Å². The minimum atomic E-state index is -3.14. The minimum absolute atomic E-state index is 0.0106. The number of hydrogen-bond donors (Lipinski definition) is 0. The third kappa shape index (κ3) is 5.47. The normalized spacial score (nSPS) is 20.9. The fraction of sp³-hybridized carbons (Fsp3) is 0.700. The van der Waals surface area contributed by atoms with E-state index in [9.17, 15) is 22.8 Å². The van der Waals surface area contributed by atoms with Crippen molar-refractivity contribution in [2.24, 2.45) is 0 Å². The summed E-state index contributed by atoms with van der Waals surface area (Å²) in [5.41, 5.74) is -0.333. The Kier molecular flexibility index (Phi) is 7.27. The van der Waals surface area contributed by atoms with Crippen molar-refractivity contribution in [3.8, 4) is 0 Å². The van der Waals surface area contributed by atoms with Gasteiger partial charge in [-0.25, -0.2) is 17.9 Å². The van der Waals surface area contributed by atoms with Crippen LogP contribution in [-0.4, -0.2) is 65.2 Å². The molecule has 1 aliphatic heterocycles. The molecule has 0 aromatic carbocycles. The summed E-state index contributed by atoms with van der Waals surface area (Å²) in [6, 6.07) is 2.17. The molecular weight excluding hydrogens is 410 g/mol. The zero-order valence-electron chi connectivity index (χ0n) is 17.3. The molecule has 1 aromatic heterocycles. The molecule has 1 amide bonds.